The number of halogens is 1. The Hall–Kier alpha value is -2.41. The van der Waals surface area contributed by atoms with E-state index >= 15 is 0 Å². The summed E-state index contributed by atoms with van der Waals surface area (Å²) in [6, 6.07) is 9.07. The molecule has 0 aromatic heterocycles. The number of methoxy groups -OCH3 is 1. The number of hydrogen-bond donors (Lipinski definition) is 0. The molecule has 114 valence electrons. The van der Waals surface area contributed by atoms with Crippen molar-refractivity contribution in [3.63, 3.8) is 0 Å². The van der Waals surface area contributed by atoms with Crippen LogP contribution in [0.25, 0.3) is 0 Å². The van der Waals surface area contributed by atoms with E-state index in [4.69, 9.17) is 9.47 Å². The number of nitrogens with zero attached hydrogens (tertiary/aromatic N) is 1. The Balaban J connectivity index is 2.26. The zero-order valence-corrected chi connectivity index (χ0v) is 13.4. The van der Waals surface area contributed by atoms with Crippen LogP contribution in [0, 0.1) is 17.0 Å². The van der Waals surface area contributed by atoms with Gasteiger partial charge in [-0.1, -0.05) is 0 Å². The van der Waals surface area contributed by atoms with Crippen LogP contribution in [0.1, 0.15) is 15.9 Å². The Morgan fingerprint density at radius 1 is 1.18 bits per heavy atom. The van der Waals surface area contributed by atoms with Crippen molar-refractivity contribution >= 4 is 27.6 Å². The Labute approximate surface area is 134 Å². The smallest absolute Gasteiger partial charge is 0.344 e. The standard InChI is InChI=1S/C15H12BrNO5/c1-9-7-11(4-6-14(9)17(19)20)22-15(18)12-8-10(21-2)3-5-13(12)16/h3-8H,1-2H3. The van der Waals surface area contributed by atoms with Crippen LogP contribution < -0.4 is 9.47 Å². The van der Waals surface area contributed by atoms with Crippen LogP contribution in [0.5, 0.6) is 11.5 Å². The average Bonchev–Trinajstić information content (AvgIpc) is 2.47. The van der Waals surface area contributed by atoms with Gasteiger partial charge in [-0.15, -0.1) is 0 Å². The summed E-state index contributed by atoms with van der Waals surface area (Å²) in [4.78, 5) is 22.5. The quantitative estimate of drug-likeness (QED) is 0.355. The predicted molar refractivity (Wildman–Crippen MR) is 83.5 cm³/mol. The Bertz CT molecular complexity index is 745. The molecule has 0 atom stereocenters. The molecule has 0 N–H and O–H groups in total. The fourth-order valence-corrected chi connectivity index (χ4v) is 2.25. The lowest BCUT2D eigenvalue weighted by Crippen LogP contribution is -2.09. The number of benzene rings is 2. The molecule has 7 heteroatoms. The number of ether oxygens (including phenoxy) is 2. The lowest BCUT2D eigenvalue weighted by molar-refractivity contribution is -0.385. The van der Waals surface area contributed by atoms with Crippen molar-refractivity contribution in [1.82, 2.24) is 0 Å². The van der Waals surface area contributed by atoms with E-state index in [-0.39, 0.29) is 11.4 Å². The minimum Gasteiger partial charge on any atom is -0.497 e. The van der Waals surface area contributed by atoms with Crippen molar-refractivity contribution < 1.29 is 19.2 Å². The molecule has 2 aromatic carbocycles. The molecule has 0 saturated carbocycles. The Morgan fingerprint density at radius 2 is 1.86 bits per heavy atom. The number of esters is 1. The van der Waals surface area contributed by atoms with Crippen molar-refractivity contribution in [3.8, 4) is 11.5 Å². The highest BCUT2D eigenvalue weighted by Gasteiger charge is 2.16. The van der Waals surface area contributed by atoms with Crippen LogP contribution in [-0.2, 0) is 0 Å². The van der Waals surface area contributed by atoms with Gasteiger partial charge in [0.2, 0.25) is 0 Å². The predicted octanol–water partition coefficient (Wildman–Crippen LogP) is 3.89. The van der Waals surface area contributed by atoms with Crippen LogP contribution >= 0.6 is 15.9 Å². The molecule has 0 bridgehead atoms. The minimum absolute atomic E-state index is 0.0256. The molecule has 22 heavy (non-hydrogen) atoms. The summed E-state index contributed by atoms with van der Waals surface area (Å²) in [5.41, 5.74) is 0.692. The third-order valence-electron chi connectivity index (χ3n) is 2.97. The minimum atomic E-state index is -0.584. The van der Waals surface area contributed by atoms with Crippen LogP contribution in [0.2, 0.25) is 0 Å². The molecular weight excluding hydrogens is 354 g/mol. The first-order chi connectivity index (χ1) is 10.4. The Morgan fingerprint density at radius 3 is 2.45 bits per heavy atom. The summed E-state index contributed by atoms with van der Waals surface area (Å²) in [6.45, 7) is 1.58. The molecule has 0 aliphatic carbocycles. The third kappa shape index (κ3) is 3.43. The van der Waals surface area contributed by atoms with Crippen LogP contribution in [0.4, 0.5) is 5.69 Å². The van der Waals surface area contributed by atoms with Crippen molar-refractivity contribution in [2.75, 3.05) is 7.11 Å². The Kier molecular flexibility index (Phi) is 4.77. The van der Waals surface area contributed by atoms with E-state index in [9.17, 15) is 14.9 Å². The SMILES string of the molecule is COc1ccc(Br)c(C(=O)Oc2ccc([N+](=O)[O-])c(C)c2)c1. The zero-order chi connectivity index (χ0) is 16.3. The van der Waals surface area contributed by atoms with Gasteiger partial charge in [-0.2, -0.15) is 0 Å². The summed E-state index contributed by atoms with van der Waals surface area (Å²) in [6.07, 6.45) is 0. The molecular formula is C15H12BrNO5. The van der Waals surface area contributed by atoms with E-state index in [1.54, 1.807) is 25.1 Å². The molecule has 0 heterocycles. The van der Waals surface area contributed by atoms with Gasteiger partial charge in [0.1, 0.15) is 11.5 Å². The summed E-state index contributed by atoms with van der Waals surface area (Å²) < 4.78 is 10.9. The first kappa shape index (κ1) is 16.0. The van der Waals surface area contributed by atoms with Gasteiger partial charge in [-0.25, -0.2) is 4.79 Å². The summed E-state index contributed by atoms with van der Waals surface area (Å²) in [5.74, 6) is 0.178. The monoisotopic (exact) mass is 365 g/mol. The number of rotatable bonds is 4. The largest absolute Gasteiger partial charge is 0.497 e. The molecule has 0 aliphatic heterocycles. The topological polar surface area (TPSA) is 78.7 Å². The number of nitro groups is 1. The molecule has 0 amide bonds. The van der Waals surface area contributed by atoms with Crippen LogP contribution in [-0.4, -0.2) is 18.0 Å². The second-order valence-corrected chi connectivity index (χ2v) is 5.30. The highest BCUT2D eigenvalue weighted by molar-refractivity contribution is 9.10. The number of hydrogen-bond acceptors (Lipinski definition) is 5. The van der Waals surface area contributed by atoms with Gasteiger partial charge < -0.3 is 9.47 Å². The first-order valence-electron chi connectivity index (χ1n) is 6.23. The van der Waals surface area contributed by atoms with E-state index in [0.29, 0.717) is 21.3 Å². The van der Waals surface area contributed by atoms with Gasteiger partial charge in [-0.05, 0) is 53.2 Å². The maximum absolute atomic E-state index is 12.2. The second-order valence-electron chi connectivity index (χ2n) is 4.44. The zero-order valence-electron chi connectivity index (χ0n) is 11.8. The fraction of sp³-hybridized carbons (Fsp3) is 0.133. The van der Waals surface area contributed by atoms with E-state index < -0.39 is 10.9 Å². The first-order valence-corrected chi connectivity index (χ1v) is 7.02. The summed E-state index contributed by atoms with van der Waals surface area (Å²) in [5, 5.41) is 10.8. The second kappa shape index (κ2) is 6.57. The van der Waals surface area contributed by atoms with Gasteiger partial charge in [0.25, 0.3) is 5.69 Å². The molecule has 0 spiro atoms. The van der Waals surface area contributed by atoms with E-state index in [0.717, 1.165) is 0 Å². The van der Waals surface area contributed by atoms with Gasteiger partial charge in [-0.3, -0.25) is 10.1 Å². The van der Waals surface area contributed by atoms with E-state index in [1.807, 2.05) is 0 Å². The van der Waals surface area contributed by atoms with E-state index in [1.165, 1.54) is 25.3 Å². The summed E-state index contributed by atoms with van der Waals surface area (Å²) >= 11 is 3.27. The fourth-order valence-electron chi connectivity index (χ4n) is 1.85. The molecule has 0 saturated heterocycles. The molecule has 2 rings (SSSR count). The lowest BCUT2D eigenvalue weighted by atomic mass is 10.2. The highest BCUT2D eigenvalue weighted by atomic mass is 79.9. The molecule has 0 unspecified atom stereocenters. The van der Waals surface area contributed by atoms with Crippen molar-refractivity contribution in [2.24, 2.45) is 0 Å². The molecule has 2 aromatic rings. The highest BCUT2D eigenvalue weighted by Crippen LogP contribution is 2.26. The van der Waals surface area contributed by atoms with Gasteiger partial charge in [0, 0.05) is 16.1 Å². The van der Waals surface area contributed by atoms with Crippen LogP contribution in [0.15, 0.2) is 40.9 Å². The summed E-state index contributed by atoms with van der Waals surface area (Å²) in [7, 11) is 1.50. The molecule has 0 aliphatic rings. The van der Waals surface area contributed by atoms with Gasteiger partial charge in [0.15, 0.2) is 0 Å². The molecule has 6 nitrogen and oxygen atoms in total. The average molecular weight is 366 g/mol. The van der Waals surface area contributed by atoms with Crippen molar-refractivity contribution in [1.29, 1.82) is 0 Å². The maximum atomic E-state index is 12.2. The number of nitro benzene ring substituents is 1. The molecule has 0 radical (unpaired) electrons. The normalized spacial score (nSPS) is 10.1. The number of aryl methyl sites for hydroxylation is 1. The van der Waals surface area contributed by atoms with Crippen LogP contribution in [0.3, 0.4) is 0 Å². The lowest BCUT2D eigenvalue weighted by Gasteiger charge is -2.08. The van der Waals surface area contributed by atoms with Crippen molar-refractivity contribution in [3.05, 3.63) is 62.1 Å². The van der Waals surface area contributed by atoms with Crippen molar-refractivity contribution in [2.45, 2.75) is 6.92 Å². The number of carbonyl (C=O) groups is 1. The van der Waals surface area contributed by atoms with Gasteiger partial charge >= 0.3 is 5.97 Å². The van der Waals surface area contributed by atoms with E-state index in [2.05, 4.69) is 15.9 Å². The molecule has 0 fully saturated rings. The maximum Gasteiger partial charge on any atom is 0.344 e. The number of carbonyl (C=O) groups excluding carboxylic acids is 1. The third-order valence-corrected chi connectivity index (χ3v) is 3.66. The van der Waals surface area contributed by atoms with Gasteiger partial charge in [0.05, 0.1) is 17.6 Å².